The van der Waals surface area contributed by atoms with Crippen LogP contribution in [0.5, 0.6) is 0 Å². The van der Waals surface area contributed by atoms with Gasteiger partial charge in [-0.2, -0.15) is 9.36 Å². The van der Waals surface area contributed by atoms with Crippen molar-refractivity contribution in [3.63, 3.8) is 0 Å². The standard InChI is InChI=1S/C6H4N6O2/c13-5(11-3-1-7-9-11)6(14)12-4-2-8-10-12/h1-4H. The van der Waals surface area contributed by atoms with Gasteiger partial charge in [0, 0.05) is 0 Å². The van der Waals surface area contributed by atoms with Crippen LogP contribution in [0.2, 0.25) is 0 Å². The lowest BCUT2D eigenvalue weighted by Crippen LogP contribution is -2.28. The van der Waals surface area contributed by atoms with Gasteiger partial charge in [0.1, 0.15) is 0 Å². The Morgan fingerprint density at radius 2 is 1.29 bits per heavy atom. The molecule has 0 saturated heterocycles. The molecule has 8 nitrogen and oxygen atoms in total. The normalized spacial score (nSPS) is 10.0. The molecular weight excluding hydrogens is 188 g/mol. The fourth-order valence-electron chi connectivity index (χ4n) is 0.829. The van der Waals surface area contributed by atoms with Crippen LogP contribution in [0.1, 0.15) is 9.59 Å². The summed E-state index contributed by atoms with van der Waals surface area (Å²) in [5, 5.41) is 13.6. The summed E-state index contributed by atoms with van der Waals surface area (Å²) in [6.07, 6.45) is 5.15. The largest absolute Gasteiger partial charge is 0.340 e. The zero-order valence-corrected chi connectivity index (χ0v) is 6.81. The van der Waals surface area contributed by atoms with Crippen LogP contribution in [0.25, 0.3) is 0 Å². The first kappa shape index (κ1) is 8.23. The van der Waals surface area contributed by atoms with E-state index < -0.39 is 11.8 Å². The predicted molar refractivity (Wildman–Crippen MR) is 41.3 cm³/mol. The number of nitrogens with zero attached hydrogens (tertiary/aromatic N) is 6. The maximum absolute atomic E-state index is 11.3. The van der Waals surface area contributed by atoms with Crippen molar-refractivity contribution >= 4 is 11.8 Å². The average Bonchev–Trinajstić information content (AvgIpc) is 2.87. The maximum Gasteiger partial charge on any atom is 0.340 e. The third kappa shape index (κ3) is 1.28. The van der Waals surface area contributed by atoms with Gasteiger partial charge >= 0.3 is 11.8 Å². The lowest BCUT2D eigenvalue weighted by molar-refractivity contribution is 0.0694. The first-order valence-electron chi connectivity index (χ1n) is 3.60. The molecule has 0 N–H and O–H groups in total. The second-order valence-electron chi connectivity index (χ2n) is 2.31. The van der Waals surface area contributed by atoms with Crippen molar-refractivity contribution in [3.05, 3.63) is 24.8 Å². The van der Waals surface area contributed by atoms with E-state index >= 15 is 0 Å². The van der Waals surface area contributed by atoms with Gasteiger partial charge in [-0.3, -0.25) is 9.59 Å². The van der Waals surface area contributed by atoms with Crippen molar-refractivity contribution in [3.8, 4) is 0 Å². The molecule has 0 fully saturated rings. The van der Waals surface area contributed by atoms with Crippen molar-refractivity contribution in [1.29, 1.82) is 0 Å². The van der Waals surface area contributed by atoms with Crippen LogP contribution in [0.15, 0.2) is 24.8 Å². The first-order valence-corrected chi connectivity index (χ1v) is 3.60. The van der Waals surface area contributed by atoms with Gasteiger partial charge in [-0.15, -0.1) is 10.2 Å². The van der Waals surface area contributed by atoms with Gasteiger partial charge in [0.2, 0.25) is 0 Å². The molecule has 2 aromatic rings. The van der Waals surface area contributed by atoms with E-state index in [-0.39, 0.29) is 0 Å². The molecular formula is C6H4N6O2. The second kappa shape index (κ2) is 3.17. The zero-order chi connectivity index (χ0) is 9.97. The fourth-order valence-corrected chi connectivity index (χ4v) is 0.829. The zero-order valence-electron chi connectivity index (χ0n) is 6.81. The summed E-state index contributed by atoms with van der Waals surface area (Å²) in [7, 11) is 0. The van der Waals surface area contributed by atoms with E-state index in [1.165, 1.54) is 24.8 Å². The quantitative estimate of drug-likeness (QED) is 0.489. The highest BCUT2D eigenvalue weighted by Crippen LogP contribution is 1.88. The molecule has 0 aliphatic heterocycles. The van der Waals surface area contributed by atoms with Crippen LogP contribution in [0.4, 0.5) is 0 Å². The van der Waals surface area contributed by atoms with Gasteiger partial charge < -0.3 is 0 Å². The molecule has 0 aliphatic rings. The summed E-state index contributed by atoms with van der Waals surface area (Å²) in [4.78, 5) is 22.7. The smallest absolute Gasteiger partial charge is 0.261 e. The molecule has 0 saturated carbocycles. The Morgan fingerprint density at radius 1 is 0.857 bits per heavy atom. The second-order valence-corrected chi connectivity index (χ2v) is 2.31. The average molecular weight is 192 g/mol. The summed E-state index contributed by atoms with van der Waals surface area (Å²) in [5.41, 5.74) is 0. The number of hydrogen-bond donors (Lipinski definition) is 0. The van der Waals surface area contributed by atoms with Gasteiger partial charge in [-0.1, -0.05) is 10.4 Å². The Hall–Kier alpha value is -2.38. The van der Waals surface area contributed by atoms with Gasteiger partial charge in [0.05, 0.1) is 24.8 Å². The predicted octanol–water partition coefficient (Wildman–Crippen LogP) is -1.15. The molecule has 0 unspecified atom stereocenters. The Kier molecular flexibility index (Phi) is 1.86. The Morgan fingerprint density at radius 3 is 1.57 bits per heavy atom. The Bertz CT molecular complexity index is 400. The van der Waals surface area contributed by atoms with Crippen molar-refractivity contribution in [1.82, 2.24) is 30.0 Å². The molecule has 2 rings (SSSR count). The minimum Gasteiger partial charge on any atom is -0.261 e. The van der Waals surface area contributed by atoms with Crippen molar-refractivity contribution in [2.24, 2.45) is 0 Å². The highest BCUT2D eigenvalue weighted by molar-refractivity contribution is 6.36. The topological polar surface area (TPSA) is 95.6 Å². The molecule has 0 amide bonds. The summed E-state index contributed by atoms with van der Waals surface area (Å²) in [6.45, 7) is 0. The fraction of sp³-hybridized carbons (Fsp3) is 0. The van der Waals surface area contributed by atoms with Crippen LogP contribution in [-0.2, 0) is 0 Å². The number of rotatable bonds is 0. The number of aromatic nitrogens is 6. The van der Waals surface area contributed by atoms with Gasteiger partial charge in [-0.05, 0) is 0 Å². The summed E-state index contributed by atoms with van der Waals surface area (Å²) in [6, 6.07) is 0. The summed E-state index contributed by atoms with van der Waals surface area (Å²) in [5.74, 6) is -1.68. The van der Waals surface area contributed by atoms with Crippen molar-refractivity contribution in [2.45, 2.75) is 0 Å². The lowest BCUT2D eigenvalue weighted by Gasteiger charge is -1.96. The van der Waals surface area contributed by atoms with E-state index in [1.54, 1.807) is 0 Å². The minimum absolute atomic E-state index is 0.823. The van der Waals surface area contributed by atoms with E-state index in [4.69, 9.17) is 0 Å². The van der Waals surface area contributed by atoms with Crippen LogP contribution in [0, 0.1) is 0 Å². The van der Waals surface area contributed by atoms with Crippen LogP contribution in [0.3, 0.4) is 0 Å². The summed E-state index contributed by atoms with van der Waals surface area (Å²) < 4.78 is 1.65. The Balaban J connectivity index is 2.26. The minimum atomic E-state index is -0.840. The monoisotopic (exact) mass is 192 g/mol. The molecule has 0 aromatic carbocycles. The molecule has 70 valence electrons. The number of hydrogen-bond acceptors (Lipinski definition) is 6. The highest BCUT2D eigenvalue weighted by Gasteiger charge is 2.19. The van der Waals surface area contributed by atoms with Crippen LogP contribution in [-0.4, -0.2) is 41.8 Å². The van der Waals surface area contributed by atoms with E-state index in [0.29, 0.717) is 0 Å². The molecule has 0 atom stereocenters. The maximum atomic E-state index is 11.3. The molecule has 2 heterocycles. The summed E-state index contributed by atoms with van der Waals surface area (Å²) >= 11 is 0. The third-order valence-electron chi connectivity index (χ3n) is 1.44. The van der Waals surface area contributed by atoms with E-state index in [0.717, 1.165) is 9.36 Å². The van der Waals surface area contributed by atoms with Gasteiger partial charge in [0.15, 0.2) is 0 Å². The molecule has 8 heteroatoms. The van der Waals surface area contributed by atoms with Gasteiger partial charge in [-0.25, -0.2) is 0 Å². The van der Waals surface area contributed by atoms with E-state index in [1.807, 2.05) is 0 Å². The molecule has 0 radical (unpaired) electrons. The van der Waals surface area contributed by atoms with Crippen molar-refractivity contribution in [2.75, 3.05) is 0 Å². The molecule has 0 aliphatic carbocycles. The number of carbonyl (C=O) groups is 2. The lowest BCUT2D eigenvalue weighted by atomic mass is 10.5. The van der Waals surface area contributed by atoms with Crippen LogP contribution < -0.4 is 0 Å². The van der Waals surface area contributed by atoms with E-state index in [9.17, 15) is 9.59 Å². The van der Waals surface area contributed by atoms with Gasteiger partial charge in [0.25, 0.3) is 0 Å². The van der Waals surface area contributed by atoms with E-state index in [2.05, 4.69) is 20.6 Å². The third-order valence-corrected chi connectivity index (χ3v) is 1.44. The number of carbonyl (C=O) groups excluding carboxylic acids is 2. The van der Waals surface area contributed by atoms with Crippen molar-refractivity contribution < 1.29 is 9.59 Å². The molecule has 2 aromatic heterocycles. The Labute approximate surface area is 77.1 Å². The molecule has 14 heavy (non-hydrogen) atoms. The SMILES string of the molecule is O=C(C(=O)n1ccnn1)n1ccnn1. The highest BCUT2D eigenvalue weighted by atomic mass is 16.2. The molecule has 0 bridgehead atoms. The first-order chi connectivity index (χ1) is 6.79. The van der Waals surface area contributed by atoms with Crippen LogP contribution >= 0.6 is 0 Å². The molecule has 0 spiro atoms.